The van der Waals surface area contributed by atoms with Gasteiger partial charge in [0.25, 0.3) is 0 Å². The molecule has 2 rings (SSSR count). The van der Waals surface area contributed by atoms with Crippen LogP contribution in [0.2, 0.25) is 0 Å². The highest BCUT2D eigenvalue weighted by molar-refractivity contribution is 5.87. The largest absolute Gasteiger partial charge is 0.309 e. The van der Waals surface area contributed by atoms with Crippen molar-refractivity contribution < 1.29 is 0 Å². The topological polar surface area (TPSA) is 27.0 Å². The Kier molecular flexibility index (Phi) is 3.87. The molecule has 0 saturated heterocycles. The molecule has 2 heteroatoms. The van der Waals surface area contributed by atoms with Crippen LogP contribution in [0.5, 0.6) is 0 Å². The van der Waals surface area contributed by atoms with Gasteiger partial charge in [-0.15, -0.1) is 0 Å². The second-order valence-electron chi connectivity index (χ2n) is 5.52. The van der Waals surface area contributed by atoms with Crippen LogP contribution >= 0.6 is 0 Å². The molecule has 0 saturated carbocycles. The van der Waals surface area contributed by atoms with E-state index in [4.69, 9.17) is 0 Å². The van der Waals surface area contributed by atoms with Gasteiger partial charge in [0, 0.05) is 0 Å². The quantitative estimate of drug-likeness (QED) is 0.831. The summed E-state index contributed by atoms with van der Waals surface area (Å²) < 4.78 is 0. The molecule has 0 radical (unpaired) electrons. The van der Waals surface area contributed by atoms with Gasteiger partial charge in [0.15, 0.2) is 0 Å². The Morgan fingerprint density at radius 1 is 1.11 bits per heavy atom. The highest BCUT2D eigenvalue weighted by Gasteiger charge is 2.27. The molecule has 2 aromatic carbocycles. The monoisotopic (exact) mass is 252 g/mol. The Labute approximate surface area is 115 Å². The fourth-order valence-electron chi connectivity index (χ4n) is 2.40. The van der Waals surface area contributed by atoms with Gasteiger partial charge in [-0.1, -0.05) is 42.5 Å². The van der Waals surface area contributed by atoms with E-state index in [1.807, 2.05) is 39.2 Å². The van der Waals surface area contributed by atoms with Crippen molar-refractivity contribution in [3.63, 3.8) is 0 Å². The first-order valence-electron chi connectivity index (χ1n) is 6.61. The number of nitrogens with zero attached hydrogens (tertiary/aromatic N) is 2. The molecular weight excluding hydrogens is 232 g/mol. The summed E-state index contributed by atoms with van der Waals surface area (Å²) in [6.07, 6.45) is 0.838. The average molecular weight is 252 g/mol. The smallest absolute Gasteiger partial charge is 0.0812 e. The molecule has 1 atom stereocenters. The lowest BCUT2D eigenvalue weighted by molar-refractivity contribution is 0.364. The van der Waals surface area contributed by atoms with Crippen molar-refractivity contribution in [2.75, 3.05) is 20.6 Å². The molecule has 0 unspecified atom stereocenters. The number of hydrogen-bond donors (Lipinski definition) is 0. The van der Waals surface area contributed by atoms with Crippen molar-refractivity contribution in [2.45, 2.75) is 18.8 Å². The van der Waals surface area contributed by atoms with Gasteiger partial charge in [-0.3, -0.25) is 0 Å². The molecule has 0 aromatic heterocycles. The van der Waals surface area contributed by atoms with Crippen LogP contribution in [0.25, 0.3) is 10.8 Å². The molecule has 0 fully saturated rings. The molecule has 0 spiro atoms. The Morgan fingerprint density at radius 2 is 1.79 bits per heavy atom. The Balaban J connectivity index is 2.49. The average Bonchev–Trinajstić information content (AvgIpc) is 2.44. The fraction of sp³-hybridized carbons (Fsp3) is 0.353. The first-order chi connectivity index (χ1) is 9.07. The number of nitriles is 1. The fourth-order valence-corrected chi connectivity index (χ4v) is 2.40. The Bertz CT molecular complexity index is 605. The van der Waals surface area contributed by atoms with Crippen molar-refractivity contribution in [1.29, 1.82) is 5.26 Å². The lowest BCUT2D eigenvalue weighted by Gasteiger charge is -2.25. The van der Waals surface area contributed by atoms with E-state index in [1.54, 1.807) is 0 Å². The zero-order valence-corrected chi connectivity index (χ0v) is 11.9. The van der Waals surface area contributed by atoms with Crippen LogP contribution in [-0.2, 0) is 5.41 Å². The van der Waals surface area contributed by atoms with Gasteiger partial charge in [-0.05, 0) is 50.3 Å². The van der Waals surface area contributed by atoms with Crippen LogP contribution in [0.1, 0.15) is 18.9 Å². The van der Waals surface area contributed by atoms with Gasteiger partial charge in [-0.2, -0.15) is 5.26 Å². The van der Waals surface area contributed by atoms with Crippen LogP contribution in [0.4, 0.5) is 0 Å². The predicted octanol–water partition coefficient (Wildman–Crippen LogP) is 3.57. The second kappa shape index (κ2) is 5.42. The zero-order valence-electron chi connectivity index (χ0n) is 11.9. The summed E-state index contributed by atoms with van der Waals surface area (Å²) in [6.45, 7) is 2.95. The zero-order chi connectivity index (χ0) is 13.9. The van der Waals surface area contributed by atoms with Crippen LogP contribution in [-0.4, -0.2) is 25.5 Å². The minimum atomic E-state index is -0.439. The second-order valence-corrected chi connectivity index (χ2v) is 5.52. The maximum absolute atomic E-state index is 9.64. The third-order valence-corrected chi connectivity index (χ3v) is 3.69. The molecule has 0 aliphatic carbocycles. The summed E-state index contributed by atoms with van der Waals surface area (Å²) >= 11 is 0. The summed E-state index contributed by atoms with van der Waals surface area (Å²) in [4.78, 5) is 2.13. The third kappa shape index (κ3) is 2.77. The summed E-state index contributed by atoms with van der Waals surface area (Å²) in [5.74, 6) is 0. The van der Waals surface area contributed by atoms with Gasteiger partial charge in [0.2, 0.25) is 0 Å². The summed E-state index contributed by atoms with van der Waals surface area (Å²) in [5, 5.41) is 12.0. The van der Waals surface area contributed by atoms with Gasteiger partial charge >= 0.3 is 0 Å². The molecule has 0 amide bonds. The van der Waals surface area contributed by atoms with Crippen molar-refractivity contribution in [3.8, 4) is 6.07 Å². The van der Waals surface area contributed by atoms with E-state index in [9.17, 15) is 5.26 Å². The lowest BCUT2D eigenvalue weighted by atomic mass is 9.78. The van der Waals surface area contributed by atoms with E-state index >= 15 is 0 Å². The lowest BCUT2D eigenvalue weighted by Crippen LogP contribution is -2.26. The molecule has 2 nitrogen and oxygen atoms in total. The molecule has 0 aliphatic heterocycles. The van der Waals surface area contributed by atoms with Gasteiger partial charge in [0.1, 0.15) is 0 Å². The van der Waals surface area contributed by atoms with Gasteiger partial charge in [0.05, 0.1) is 11.5 Å². The SMILES string of the molecule is CN(C)CC[C@@](C)(C#N)c1cccc2ccccc12. The third-order valence-electron chi connectivity index (χ3n) is 3.69. The minimum absolute atomic E-state index is 0.439. The van der Waals surface area contributed by atoms with E-state index in [-0.39, 0.29) is 0 Å². The molecule has 0 bridgehead atoms. The first kappa shape index (κ1) is 13.6. The molecular formula is C17H20N2. The Morgan fingerprint density at radius 3 is 2.47 bits per heavy atom. The van der Waals surface area contributed by atoms with Gasteiger partial charge in [-0.25, -0.2) is 0 Å². The van der Waals surface area contributed by atoms with Crippen LogP contribution in [0, 0.1) is 11.3 Å². The molecule has 0 N–H and O–H groups in total. The van der Waals surface area contributed by atoms with E-state index in [2.05, 4.69) is 35.2 Å². The van der Waals surface area contributed by atoms with E-state index in [0.29, 0.717) is 0 Å². The molecule has 0 aliphatic rings. The molecule has 19 heavy (non-hydrogen) atoms. The Hall–Kier alpha value is -1.85. The molecule has 2 aromatic rings. The van der Waals surface area contributed by atoms with E-state index in [1.165, 1.54) is 10.8 Å². The van der Waals surface area contributed by atoms with Crippen LogP contribution in [0.15, 0.2) is 42.5 Å². The summed E-state index contributed by atoms with van der Waals surface area (Å²) in [7, 11) is 4.09. The predicted molar refractivity (Wildman–Crippen MR) is 80.1 cm³/mol. The summed E-state index contributed by atoms with van der Waals surface area (Å²) in [6, 6.07) is 17.0. The number of hydrogen-bond acceptors (Lipinski definition) is 2. The first-order valence-corrected chi connectivity index (χ1v) is 6.61. The normalized spacial score (nSPS) is 14.3. The van der Waals surface area contributed by atoms with E-state index in [0.717, 1.165) is 18.5 Å². The highest BCUT2D eigenvalue weighted by atomic mass is 15.0. The molecule has 0 heterocycles. The van der Waals surface area contributed by atoms with Crippen LogP contribution in [0.3, 0.4) is 0 Å². The highest BCUT2D eigenvalue weighted by Crippen LogP contribution is 2.32. The van der Waals surface area contributed by atoms with Gasteiger partial charge < -0.3 is 4.90 Å². The van der Waals surface area contributed by atoms with Crippen molar-refractivity contribution in [3.05, 3.63) is 48.0 Å². The standard InChI is InChI=1S/C17H20N2/c1-17(13-18,11-12-19(2)3)16-10-6-8-14-7-4-5-9-15(14)16/h4-10H,11-12H2,1-3H3/t17-/m0/s1. The van der Waals surface area contributed by atoms with Crippen molar-refractivity contribution >= 4 is 10.8 Å². The van der Waals surface area contributed by atoms with E-state index < -0.39 is 5.41 Å². The number of fused-ring (bicyclic) bond motifs is 1. The van der Waals surface area contributed by atoms with Crippen molar-refractivity contribution in [1.82, 2.24) is 4.90 Å². The maximum Gasteiger partial charge on any atom is 0.0812 e. The maximum atomic E-state index is 9.64. The number of rotatable bonds is 4. The minimum Gasteiger partial charge on any atom is -0.309 e. The van der Waals surface area contributed by atoms with Crippen molar-refractivity contribution in [2.24, 2.45) is 0 Å². The molecule has 98 valence electrons. The summed E-state index contributed by atoms with van der Waals surface area (Å²) in [5.41, 5.74) is 0.695. The van der Waals surface area contributed by atoms with Crippen LogP contribution < -0.4 is 0 Å². The number of benzene rings is 2.